The maximum Gasteiger partial charge on any atom is 0.416 e. The summed E-state index contributed by atoms with van der Waals surface area (Å²) in [5, 5.41) is 0. The van der Waals surface area contributed by atoms with Crippen LogP contribution in [-0.4, -0.2) is 16.3 Å². The predicted molar refractivity (Wildman–Crippen MR) is 73.6 cm³/mol. The van der Waals surface area contributed by atoms with Crippen molar-refractivity contribution < 1.29 is 18.0 Å². The highest BCUT2D eigenvalue weighted by atomic mass is 79.9. The summed E-state index contributed by atoms with van der Waals surface area (Å²) in [6.07, 6.45) is -2.80. The van der Waals surface area contributed by atoms with Crippen molar-refractivity contribution in [3.63, 3.8) is 0 Å². The second-order valence-corrected chi connectivity index (χ2v) is 7.16. The van der Waals surface area contributed by atoms with Gasteiger partial charge in [0.25, 0.3) is 0 Å². The van der Waals surface area contributed by atoms with Crippen LogP contribution in [0.5, 0.6) is 0 Å². The molecule has 0 N–H and O–H groups in total. The number of hydrogen-bond donors (Lipinski definition) is 0. The number of alkyl halides is 3. The van der Waals surface area contributed by atoms with Gasteiger partial charge in [0, 0.05) is 10.0 Å². The molecule has 0 aliphatic carbocycles. The van der Waals surface area contributed by atoms with Crippen molar-refractivity contribution in [1.82, 2.24) is 0 Å². The van der Waals surface area contributed by atoms with Gasteiger partial charge in [-0.05, 0) is 43.7 Å². The van der Waals surface area contributed by atoms with Gasteiger partial charge in [-0.15, -0.1) is 11.8 Å². The minimum Gasteiger partial charge on any atom is -0.293 e. The van der Waals surface area contributed by atoms with Crippen LogP contribution in [0.3, 0.4) is 0 Å². The number of carbonyl (C=O) groups is 1. The Labute approximate surface area is 122 Å². The van der Waals surface area contributed by atoms with E-state index in [-0.39, 0.29) is 11.3 Å². The van der Waals surface area contributed by atoms with Gasteiger partial charge in [0.1, 0.15) is 0 Å². The molecule has 104 valence electrons. The molecular formula is C13H12BrF3OS. The van der Waals surface area contributed by atoms with E-state index in [2.05, 4.69) is 15.9 Å². The zero-order valence-corrected chi connectivity index (χ0v) is 12.6. The number of ketones is 1. The van der Waals surface area contributed by atoms with E-state index in [1.54, 1.807) is 6.92 Å². The van der Waals surface area contributed by atoms with Crippen molar-refractivity contribution in [3.05, 3.63) is 33.8 Å². The Kier molecular flexibility index (Phi) is 4.02. The van der Waals surface area contributed by atoms with E-state index in [9.17, 15) is 18.0 Å². The molecule has 1 fully saturated rings. The lowest BCUT2D eigenvalue weighted by molar-refractivity contribution is -0.137. The highest BCUT2D eigenvalue weighted by Gasteiger charge is 2.39. The monoisotopic (exact) mass is 352 g/mol. The number of hydrogen-bond acceptors (Lipinski definition) is 2. The summed E-state index contributed by atoms with van der Waals surface area (Å²) in [6, 6.07) is 3.21. The van der Waals surface area contributed by atoms with Crippen LogP contribution in [0.1, 0.15) is 35.7 Å². The molecule has 0 aromatic heterocycles. The topological polar surface area (TPSA) is 17.1 Å². The molecule has 1 aliphatic heterocycles. The Morgan fingerprint density at radius 1 is 1.42 bits per heavy atom. The molecule has 6 heteroatoms. The lowest BCUT2D eigenvalue weighted by Gasteiger charge is -2.22. The first-order valence-corrected chi connectivity index (χ1v) is 7.57. The van der Waals surface area contributed by atoms with Crippen molar-refractivity contribution in [1.29, 1.82) is 0 Å². The second kappa shape index (κ2) is 5.13. The van der Waals surface area contributed by atoms with Crippen LogP contribution >= 0.6 is 27.7 Å². The maximum absolute atomic E-state index is 12.7. The van der Waals surface area contributed by atoms with Gasteiger partial charge in [-0.3, -0.25) is 4.79 Å². The minimum absolute atomic E-state index is 0.117. The lowest BCUT2D eigenvalue weighted by atomic mass is 9.93. The summed E-state index contributed by atoms with van der Waals surface area (Å²) < 4.78 is 37.9. The molecule has 1 aromatic carbocycles. The number of Topliss-reactive ketones (excluding diaryl/α,β-unsaturated/α-hetero) is 1. The smallest absolute Gasteiger partial charge is 0.293 e. The number of carbonyl (C=O) groups excluding carboxylic acids is 1. The molecule has 0 spiro atoms. The van der Waals surface area contributed by atoms with Crippen LogP contribution in [-0.2, 0) is 6.18 Å². The average molecular weight is 353 g/mol. The molecule has 0 bridgehead atoms. The van der Waals surface area contributed by atoms with Gasteiger partial charge in [0.15, 0.2) is 5.78 Å². The molecule has 1 atom stereocenters. The Balaban J connectivity index is 2.41. The zero-order valence-electron chi connectivity index (χ0n) is 10.2. The third-order valence-electron chi connectivity index (χ3n) is 3.24. The molecule has 1 aliphatic rings. The summed E-state index contributed by atoms with van der Waals surface area (Å²) in [4.78, 5) is 12.5. The van der Waals surface area contributed by atoms with Crippen LogP contribution in [0.4, 0.5) is 13.2 Å². The van der Waals surface area contributed by atoms with Gasteiger partial charge in [-0.2, -0.15) is 13.2 Å². The highest BCUT2D eigenvalue weighted by Crippen LogP contribution is 2.42. The quantitative estimate of drug-likeness (QED) is 0.701. The maximum atomic E-state index is 12.7. The molecule has 1 saturated heterocycles. The van der Waals surface area contributed by atoms with Gasteiger partial charge >= 0.3 is 6.18 Å². The summed E-state index contributed by atoms with van der Waals surface area (Å²) in [7, 11) is 0. The Bertz CT molecular complexity index is 507. The van der Waals surface area contributed by atoms with Crippen molar-refractivity contribution in [3.8, 4) is 0 Å². The zero-order chi connectivity index (χ0) is 14.3. The number of rotatable bonds is 2. The molecule has 1 nitrogen and oxygen atoms in total. The van der Waals surface area contributed by atoms with Crippen molar-refractivity contribution in [2.75, 3.05) is 5.75 Å². The fourth-order valence-corrected chi connectivity index (χ4v) is 3.81. The SMILES string of the molecule is CC1(C(=O)c2cc(C(F)(F)F)ccc2Br)CCCS1. The third-order valence-corrected chi connectivity index (χ3v) is 5.45. The molecule has 1 heterocycles. The van der Waals surface area contributed by atoms with E-state index in [1.807, 2.05) is 0 Å². The Morgan fingerprint density at radius 3 is 2.63 bits per heavy atom. The van der Waals surface area contributed by atoms with Crippen molar-refractivity contribution in [2.45, 2.75) is 30.7 Å². The first-order chi connectivity index (χ1) is 8.74. The van der Waals surface area contributed by atoms with Crippen LogP contribution in [0.15, 0.2) is 22.7 Å². The normalized spacial score (nSPS) is 23.6. The Morgan fingerprint density at radius 2 is 2.11 bits per heavy atom. The van der Waals surface area contributed by atoms with E-state index >= 15 is 0 Å². The fourth-order valence-electron chi connectivity index (χ4n) is 2.12. The number of benzene rings is 1. The number of halogens is 4. The Hall–Kier alpha value is -0.490. The van der Waals surface area contributed by atoms with Crippen molar-refractivity contribution >= 4 is 33.5 Å². The average Bonchev–Trinajstić information content (AvgIpc) is 2.75. The first-order valence-electron chi connectivity index (χ1n) is 5.79. The molecule has 1 unspecified atom stereocenters. The molecular weight excluding hydrogens is 341 g/mol. The minimum atomic E-state index is -4.43. The molecule has 0 amide bonds. The largest absolute Gasteiger partial charge is 0.416 e. The molecule has 0 saturated carbocycles. The van der Waals surface area contributed by atoms with E-state index < -0.39 is 16.5 Å². The summed E-state index contributed by atoms with van der Waals surface area (Å²) >= 11 is 4.69. The van der Waals surface area contributed by atoms with Crippen molar-refractivity contribution in [2.24, 2.45) is 0 Å². The lowest BCUT2D eigenvalue weighted by Crippen LogP contribution is -2.29. The molecule has 19 heavy (non-hydrogen) atoms. The molecule has 2 rings (SSSR count). The van der Waals surface area contributed by atoms with Crippen LogP contribution < -0.4 is 0 Å². The summed E-state index contributed by atoms with van der Waals surface area (Å²) in [6.45, 7) is 1.81. The predicted octanol–water partition coefficient (Wildman–Crippen LogP) is 4.94. The van der Waals surface area contributed by atoms with Gasteiger partial charge < -0.3 is 0 Å². The van der Waals surface area contributed by atoms with E-state index in [0.717, 1.165) is 24.3 Å². The van der Waals surface area contributed by atoms with E-state index in [4.69, 9.17) is 0 Å². The van der Waals surface area contributed by atoms with Gasteiger partial charge in [-0.1, -0.05) is 15.9 Å². The molecule has 0 radical (unpaired) electrons. The standard InChI is InChI=1S/C13H12BrF3OS/c1-12(5-2-6-19-12)11(18)9-7-8(13(15,16)17)3-4-10(9)14/h3-4,7H,2,5-6H2,1H3. The van der Waals surface area contributed by atoms with Gasteiger partial charge in [0.2, 0.25) is 0 Å². The summed E-state index contributed by atoms with van der Waals surface area (Å²) in [5.74, 6) is 0.645. The van der Waals surface area contributed by atoms with E-state index in [1.165, 1.54) is 17.8 Å². The van der Waals surface area contributed by atoms with Crippen LogP contribution in [0.2, 0.25) is 0 Å². The fraction of sp³-hybridized carbons (Fsp3) is 0.462. The number of thioether (sulfide) groups is 1. The third kappa shape index (κ3) is 2.99. The second-order valence-electron chi connectivity index (χ2n) is 4.70. The first kappa shape index (κ1) is 14.9. The van der Waals surface area contributed by atoms with E-state index in [0.29, 0.717) is 10.9 Å². The summed E-state index contributed by atoms with van der Waals surface area (Å²) in [5.41, 5.74) is -0.669. The molecule has 1 aromatic rings. The van der Waals surface area contributed by atoms with Gasteiger partial charge in [-0.25, -0.2) is 0 Å². The van der Waals surface area contributed by atoms with Crippen LogP contribution in [0, 0.1) is 0 Å². The highest BCUT2D eigenvalue weighted by molar-refractivity contribution is 9.10. The van der Waals surface area contributed by atoms with Crippen LogP contribution in [0.25, 0.3) is 0 Å². The van der Waals surface area contributed by atoms with Gasteiger partial charge in [0.05, 0.1) is 10.3 Å².